The van der Waals surface area contributed by atoms with Crippen molar-refractivity contribution in [1.82, 2.24) is 4.57 Å². The Morgan fingerprint density at radius 2 is 1.88 bits per heavy atom. The van der Waals surface area contributed by atoms with Gasteiger partial charge in [-0.05, 0) is 69.4 Å². The first kappa shape index (κ1) is 20.6. The summed E-state index contributed by atoms with van der Waals surface area (Å²) in [5.74, 6) is -0.0418. The van der Waals surface area contributed by atoms with Gasteiger partial charge in [0.25, 0.3) is 0 Å². The van der Waals surface area contributed by atoms with Gasteiger partial charge < -0.3 is 14.4 Å². The van der Waals surface area contributed by atoms with E-state index in [-0.39, 0.29) is 6.42 Å². The van der Waals surface area contributed by atoms with E-state index in [1.165, 1.54) is 4.70 Å². The Balaban J connectivity index is 1.64. The number of ether oxygens (including phenoxy) is 1. The predicted molar refractivity (Wildman–Crippen MR) is 131 cm³/mol. The first-order valence-corrected chi connectivity index (χ1v) is 11.4. The highest BCUT2D eigenvalue weighted by molar-refractivity contribution is 7.17. The fourth-order valence-electron chi connectivity index (χ4n) is 4.14. The number of aliphatic carboxylic acids is 1. The van der Waals surface area contributed by atoms with Gasteiger partial charge in [-0.3, -0.25) is 4.79 Å². The van der Waals surface area contributed by atoms with Gasteiger partial charge in [-0.2, -0.15) is 0 Å². The first-order valence-electron chi connectivity index (χ1n) is 10.2. The van der Waals surface area contributed by atoms with E-state index in [1.54, 1.807) is 18.4 Å². The van der Waals surface area contributed by atoms with Gasteiger partial charge >= 0.3 is 5.97 Å². The predicted octanol–water partition coefficient (Wildman–Crippen LogP) is 6.86. The van der Waals surface area contributed by atoms with Crippen LogP contribution in [0, 0.1) is 0 Å². The van der Waals surface area contributed by atoms with Crippen LogP contribution in [0.25, 0.3) is 32.1 Å². The normalized spacial score (nSPS) is 11.3. The summed E-state index contributed by atoms with van der Waals surface area (Å²) in [6.07, 6.45) is 1.94. The lowest BCUT2D eigenvalue weighted by molar-refractivity contribution is -0.136. The van der Waals surface area contributed by atoms with Crippen LogP contribution < -0.4 is 4.74 Å². The third kappa shape index (κ3) is 3.85. The number of hydrogen-bond acceptors (Lipinski definition) is 3. The largest absolute Gasteiger partial charge is 0.497 e. The van der Waals surface area contributed by atoms with Crippen LogP contribution >= 0.6 is 22.9 Å². The number of hydrogen-bond donors (Lipinski definition) is 1. The quantitative estimate of drug-likeness (QED) is 0.300. The van der Waals surface area contributed by atoms with Gasteiger partial charge in [0.05, 0.1) is 13.5 Å². The molecule has 0 fully saturated rings. The lowest BCUT2D eigenvalue weighted by Crippen LogP contribution is -2.00. The van der Waals surface area contributed by atoms with Crippen LogP contribution in [-0.4, -0.2) is 22.8 Å². The Hall–Kier alpha value is -3.28. The highest BCUT2D eigenvalue weighted by atomic mass is 35.5. The number of carboxylic acid groups (broad SMARTS) is 1. The van der Waals surface area contributed by atoms with Gasteiger partial charge in [0, 0.05) is 33.4 Å². The molecule has 0 amide bonds. The van der Waals surface area contributed by atoms with Crippen LogP contribution in [0.1, 0.15) is 11.1 Å². The molecule has 2 aromatic heterocycles. The van der Waals surface area contributed by atoms with E-state index in [0.29, 0.717) is 11.6 Å². The Kier molecular flexibility index (Phi) is 5.37. The maximum atomic E-state index is 11.5. The molecule has 0 saturated carbocycles. The molecular weight excluding hydrogens is 442 g/mol. The van der Waals surface area contributed by atoms with Crippen molar-refractivity contribution in [2.24, 2.45) is 0 Å². The number of halogens is 1. The average molecular weight is 462 g/mol. The highest BCUT2D eigenvalue weighted by Crippen LogP contribution is 2.33. The molecule has 32 heavy (non-hydrogen) atoms. The van der Waals surface area contributed by atoms with Crippen molar-refractivity contribution in [1.29, 1.82) is 0 Å². The molecule has 5 aromatic rings. The van der Waals surface area contributed by atoms with E-state index in [1.807, 2.05) is 60.8 Å². The summed E-state index contributed by atoms with van der Waals surface area (Å²) in [7, 11) is 1.66. The maximum Gasteiger partial charge on any atom is 0.307 e. The lowest BCUT2D eigenvalue weighted by Gasteiger charge is -2.08. The molecule has 0 radical (unpaired) electrons. The molecule has 2 heterocycles. The van der Waals surface area contributed by atoms with Gasteiger partial charge in [0.2, 0.25) is 0 Å². The van der Waals surface area contributed by atoms with Gasteiger partial charge in [-0.25, -0.2) is 0 Å². The van der Waals surface area contributed by atoms with E-state index < -0.39 is 5.97 Å². The summed E-state index contributed by atoms with van der Waals surface area (Å²) in [5, 5.41) is 14.4. The van der Waals surface area contributed by atoms with Crippen molar-refractivity contribution in [3.8, 4) is 16.9 Å². The third-order valence-electron chi connectivity index (χ3n) is 5.67. The molecule has 0 atom stereocenters. The maximum absolute atomic E-state index is 11.5. The van der Waals surface area contributed by atoms with Crippen molar-refractivity contribution in [3.05, 3.63) is 88.4 Å². The number of methoxy groups -OCH3 is 1. The van der Waals surface area contributed by atoms with Crippen LogP contribution in [-0.2, 0) is 17.8 Å². The second kappa shape index (κ2) is 8.34. The number of thiophene rings is 1. The van der Waals surface area contributed by atoms with Crippen LogP contribution in [0.5, 0.6) is 5.75 Å². The average Bonchev–Trinajstić information content (AvgIpc) is 3.34. The molecule has 4 nitrogen and oxygen atoms in total. The monoisotopic (exact) mass is 461 g/mol. The first-order chi connectivity index (χ1) is 15.5. The molecule has 0 spiro atoms. The molecule has 0 bridgehead atoms. The number of rotatable bonds is 6. The minimum atomic E-state index is -0.839. The summed E-state index contributed by atoms with van der Waals surface area (Å²) < 4.78 is 8.70. The van der Waals surface area contributed by atoms with Gasteiger partial charge in [0.15, 0.2) is 0 Å². The fraction of sp³-hybridized carbons (Fsp3) is 0.115. The van der Waals surface area contributed by atoms with Crippen LogP contribution in [0.3, 0.4) is 0 Å². The fourth-order valence-corrected chi connectivity index (χ4v) is 5.25. The van der Waals surface area contributed by atoms with E-state index in [0.717, 1.165) is 44.3 Å². The molecule has 0 aliphatic carbocycles. The molecular formula is C26H20ClNO3S. The topological polar surface area (TPSA) is 51.5 Å². The number of carbonyl (C=O) groups is 1. The second-order valence-electron chi connectivity index (χ2n) is 7.72. The standard InChI is InChI=1S/C26H20ClNO3S/c1-31-21-4-2-3-16(9-21)17-5-7-22-18(11-26(29)30)13-28(24(22)10-17)14-19-15-32-25-8-6-20(27)12-23(19)25/h2-10,12-13,15H,11,14H2,1H3,(H,29,30). The molecule has 6 heteroatoms. The smallest absolute Gasteiger partial charge is 0.307 e. The number of nitrogens with zero attached hydrogens (tertiary/aromatic N) is 1. The molecule has 160 valence electrons. The van der Waals surface area contributed by atoms with E-state index in [9.17, 15) is 9.90 Å². The molecule has 5 rings (SSSR count). The number of fused-ring (bicyclic) bond motifs is 2. The molecule has 0 saturated heterocycles. The minimum absolute atomic E-state index is 0.0157. The summed E-state index contributed by atoms with van der Waals surface area (Å²) in [4.78, 5) is 11.5. The Morgan fingerprint density at radius 1 is 1.03 bits per heavy atom. The Bertz CT molecular complexity index is 1470. The van der Waals surface area contributed by atoms with Crippen molar-refractivity contribution >= 4 is 49.9 Å². The number of benzene rings is 3. The van der Waals surface area contributed by atoms with Crippen molar-refractivity contribution in [2.45, 2.75) is 13.0 Å². The Morgan fingerprint density at radius 3 is 2.69 bits per heavy atom. The Labute approximate surface area is 194 Å². The number of aromatic nitrogens is 1. The third-order valence-corrected chi connectivity index (χ3v) is 6.91. The summed E-state index contributed by atoms with van der Waals surface area (Å²) in [6, 6.07) is 20.0. The molecule has 3 aromatic carbocycles. The van der Waals surface area contributed by atoms with Gasteiger partial charge in [-0.1, -0.05) is 35.9 Å². The molecule has 0 unspecified atom stereocenters. The van der Waals surface area contributed by atoms with Crippen molar-refractivity contribution < 1.29 is 14.6 Å². The van der Waals surface area contributed by atoms with Gasteiger partial charge in [-0.15, -0.1) is 11.3 Å². The van der Waals surface area contributed by atoms with Crippen molar-refractivity contribution in [3.63, 3.8) is 0 Å². The second-order valence-corrected chi connectivity index (χ2v) is 9.07. The summed E-state index contributed by atoms with van der Waals surface area (Å²) in [5.41, 5.74) is 5.07. The zero-order valence-corrected chi connectivity index (χ0v) is 18.9. The molecule has 0 aliphatic heterocycles. The summed E-state index contributed by atoms with van der Waals surface area (Å²) in [6.45, 7) is 0.637. The van der Waals surface area contributed by atoms with Gasteiger partial charge in [0.1, 0.15) is 5.75 Å². The van der Waals surface area contributed by atoms with Crippen LogP contribution in [0.2, 0.25) is 5.02 Å². The van der Waals surface area contributed by atoms with E-state index in [4.69, 9.17) is 16.3 Å². The summed E-state index contributed by atoms with van der Waals surface area (Å²) >= 11 is 7.93. The van der Waals surface area contributed by atoms with E-state index in [2.05, 4.69) is 16.0 Å². The zero-order chi connectivity index (χ0) is 22.2. The SMILES string of the molecule is COc1cccc(-c2ccc3c(CC(=O)O)cn(Cc4csc5ccc(Cl)cc45)c3c2)c1. The van der Waals surface area contributed by atoms with Crippen LogP contribution in [0.4, 0.5) is 0 Å². The van der Waals surface area contributed by atoms with E-state index >= 15 is 0 Å². The van der Waals surface area contributed by atoms with Crippen molar-refractivity contribution in [2.75, 3.05) is 7.11 Å². The number of carboxylic acids is 1. The minimum Gasteiger partial charge on any atom is -0.497 e. The lowest BCUT2D eigenvalue weighted by atomic mass is 10.0. The van der Waals surface area contributed by atoms with Crippen LogP contribution in [0.15, 0.2) is 72.2 Å². The zero-order valence-electron chi connectivity index (χ0n) is 17.3. The molecule has 0 aliphatic rings. The molecule has 1 N–H and O–H groups in total. The highest BCUT2D eigenvalue weighted by Gasteiger charge is 2.15.